The molecule has 1 N–H and O–H groups in total. The minimum atomic E-state index is 0.145. The first-order valence-corrected chi connectivity index (χ1v) is 5.26. The van der Waals surface area contributed by atoms with E-state index in [9.17, 15) is 4.79 Å². The molecule has 1 amide bonds. The number of alkyl halides is 1. The van der Waals surface area contributed by atoms with E-state index in [4.69, 9.17) is 16.7 Å². The van der Waals surface area contributed by atoms with Crippen LogP contribution in [0.4, 0.5) is 0 Å². The van der Waals surface area contributed by atoms with Gasteiger partial charge < -0.3 is 10.0 Å². The van der Waals surface area contributed by atoms with Gasteiger partial charge in [0.25, 0.3) is 0 Å². The van der Waals surface area contributed by atoms with E-state index in [1.165, 1.54) is 0 Å². The zero-order valence-electron chi connectivity index (χ0n) is 7.71. The second-order valence-electron chi connectivity index (χ2n) is 3.45. The largest absolute Gasteiger partial charge is 0.396 e. The molecule has 0 aliphatic carbocycles. The average Bonchev–Trinajstić information content (AvgIpc) is 2.18. The van der Waals surface area contributed by atoms with E-state index >= 15 is 0 Å². The third-order valence-electron chi connectivity index (χ3n) is 2.53. The molecule has 1 aliphatic heterocycles. The van der Waals surface area contributed by atoms with Crippen molar-refractivity contribution in [2.24, 2.45) is 5.92 Å². The fourth-order valence-electron chi connectivity index (χ4n) is 1.60. The molecule has 0 radical (unpaired) electrons. The molecule has 13 heavy (non-hydrogen) atoms. The number of carbonyl (C=O) groups is 1. The predicted octanol–water partition coefficient (Wildman–Crippen LogP) is 0.846. The van der Waals surface area contributed by atoms with E-state index in [1.807, 2.05) is 4.90 Å². The van der Waals surface area contributed by atoms with Crippen molar-refractivity contribution in [2.75, 3.05) is 25.6 Å². The molecule has 76 valence electrons. The summed E-state index contributed by atoms with van der Waals surface area (Å²) in [5.41, 5.74) is 0. The molecule has 0 bridgehead atoms. The Bertz CT molecular complexity index is 167. The van der Waals surface area contributed by atoms with Crippen LogP contribution in [-0.4, -0.2) is 41.5 Å². The first-order chi connectivity index (χ1) is 6.27. The van der Waals surface area contributed by atoms with Gasteiger partial charge in [0.15, 0.2) is 0 Å². The number of likely N-dealkylation sites (tertiary alicyclic amines) is 1. The Morgan fingerprint density at radius 3 is 2.54 bits per heavy atom. The highest BCUT2D eigenvalue weighted by Gasteiger charge is 2.21. The van der Waals surface area contributed by atoms with Crippen LogP contribution in [0.15, 0.2) is 0 Å². The van der Waals surface area contributed by atoms with Gasteiger partial charge in [0.2, 0.25) is 5.91 Å². The molecular formula is C9H16ClNO2. The molecule has 4 heteroatoms. The van der Waals surface area contributed by atoms with Crippen molar-refractivity contribution in [2.45, 2.75) is 19.3 Å². The molecule has 0 saturated carbocycles. The Balaban J connectivity index is 2.28. The maximum Gasteiger partial charge on any atom is 0.223 e. The molecule has 0 atom stereocenters. The van der Waals surface area contributed by atoms with Crippen LogP contribution in [0, 0.1) is 5.92 Å². The number of nitrogens with zero attached hydrogens (tertiary/aromatic N) is 1. The summed E-state index contributed by atoms with van der Waals surface area (Å²) in [6.45, 7) is 1.80. The molecule has 1 fully saturated rings. The summed E-state index contributed by atoms with van der Waals surface area (Å²) in [4.78, 5) is 13.2. The van der Waals surface area contributed by atoms with Crippen LogP contribution in [0.2, 0.25) is 0 Å². The number of hydrogen-bond acceptors (Lipinski definition) is 2. The van der Waals surface area contributed by atoms with Crippen LogP contribution in [0.5, 0.6) is 0 Å². The second-order valence-corrected chi connectivity index (χ2v) is 3.82. The Morgan fingerprint density at radius 2 is 2.08 bits per heavy atom. The van der Waals surface area contributed by atoms with Gasteiger partial charge >= 0.3 is 0 Å². The predicted molar refractivity (Wildman–Crippen MR) is 51.7 cm³/mol. The van der Waals surface area contributed by atoms with Gasteiger partial charge in [-0.15, -0.1) is 11.6 Å². The standard InChI is InChI=1S/C9H16ClNO2/c10-4-1-9(13)11-5-2-8(7-12)3-6-11/h8,12H,1-7H2. The molecule has 3 nitrogen and oxygen atoms in total. The van der Waals surface area contributed by atoms with Crippen LogP contribution in [0.3, 0.4) is 0 Å². The van der Waals surface area contributed by atoms with Crippen molar-refractivity contribution in [1.29, 1.82) is 0 Å². The summed E-state index contributed by atoms with van der Waals surface area (Å²) in [5, 5.41) is 8.89. The van der Waals surface area contributed by atoms with Gasteiger partial charge in [-0.1, -0.05) is 0 Å². The Kier molecular flexibility index (Phi) is 4.53. The third-order valence-corrected chi connectivity index (χ3v) is 2.72. The lowest BCUT2D eigenvalue weighted by Crippen LogP contribution is -2.39. The molecule has 1 rings (SSSR count). The fourth-order valence-corrected chi connectivity index (χ4v) is 1.77. The van der Waals surface area contributed by atoms with Crippen molar-refractivity contribution >= 4 is 17.5 Å². The lowest BCUT2D eigenvalue weighted by molar-refractivity contribution is -0.132. The SMILES string of the molecule is O=C(CCCl)N1CCC(CO)CC1. The van der Waals surface area contributed by atoms with Crippen LogP contribution in [0.1, 0.15) is 19.3 Å². The van der Waals surface area contributed by atoms with Gasteiger partial charge in [-0.05, 0) is 18.8 Å². The maximum absolute atomic E-state index is 11.4. The van der Waals surface area contributed by atoms with Crippen molar-refractivity contribution in [1.82, 2.24) is 4.90 Å². The topological polar surface area (TPSA) is 40.5 Å². The van der Waals surface area contributed by atoms with E-state index in [1.54, 1.807) is 0 Å². The number of piperidine rings is 1. The smallest absolute Gasteiger partial charge is 0.223 e. The van der Waals surface area contributed by atoms with Gasteiger partial charge in [-0.3, -0.25) is 4.79 Å². The summed E-state index contributed by atoms with van der Waals surface area (Å²) in [6, 6.07) is 0. The molecule has 1 heterocycles. The minimum absolute atomic E-state index is 0.145. The normalized spacial score (nSPS) is 19.1. The molecule has 0 unspecified atom stereocenters. The number of hydrogen-bond donors (Lipinski definition) is 1. The first-order valence-electron chi connectivity index (χ1n) is 4.72. The Labute approximate surface area is 83.7 Å². The zero-order chi connectivity index (χ0) is 9.68. The highest BCUT2D eigenvalue weighted by atomic mass is 35.5. The number of halogens is 1. The highest BCUT2D eigenvalue weighted by Crippen LogP contribution is 2.16. The summed E-state index contributed by atoms with van der Waals surface area (Å²) >= 11 is 5.48. The minimum Gasteiger partial charge on any atom is -0.396 e. The van der Waals surface area contributed by atoms with E-state index in [0.29, 0.717) is 18.2 Å². The number of carbonyl (C=O) groups excluding carboxylic acids is 1. The molecule has 0 aromatic rings. The fraction of sp³-hybridized carbons (Fsp3) is 0.889. The number of rotatable bonds is 3. The van der Waals surface area contributed by atoms with Crippen molar-refractivity contribution in [3.05, 3.63) is 0 Å². The van der Waals surface area contributed by atoms with Gasteiger partial charge in [-0.25, -0.2) is 0 Å². The summed E-state index contributed by atoms with van der Waals surface area (Å²) in [6.07, 6.45) is 2.28. The van der Waals surface area contributed by atoms with Gasteiger partial charge in [0, 0.05) is 32.0 Å². The molecule has 1 aliphatic rings. The number of aliphatic hydroxyl groups is 1. The van der Waals surface area contributed by atoms with Crippen molar-refractivity contribution in [3.63, 3.8) is 0 Å². The summed E-state index contributed by atoms with van der Waals surface area (Å²) < 4.78 is 0. The van der Waals surface area contributed by atoms with E-state index in [0.717, 1.165) is 25.9 Å². The summed E-state index contributed by atoms with van der Waals surface area (Å²) in [7, 11) is 0. The average molecular weight is 206 g/mol. The molecule has 0 spiro atoms. The number of aliphatic hydroxyl groups excluding tert-OH is 1. The lowest BCUT2D eigenvalue weighted by Gasteiger charge is -2.31. The quantitative estimate of drug-likeness (QED) is 0.694. The van der Waals surface area contributed by atoms with Gasteiger partial charge in [0.05, 0.1) is 0 Å². The monoisotopic (exact) mass is 205 g/mol. The van der Waals surface area contributed by atoms with Crippen LogP contribution < -0.4 is 0 Å². The van der Waals surface area contributed by atoms with Crippen LogP contribution in [-0.2, 0) is 4.79 Å². The Morgan fingerprint density at radius 1 is 1.46 bits per heavy atom. The van der Waals surface area contributed by atoms with Crippen LogP contribution >= 0.6 is 11.6 Å². The van der Waals surface area contributed by atoms with E-state index in [-0.39, 0.29) is 12.5 Å². The molecule has 0 aromatic carbocycles. The second kappa shape index (κ2) is 5.45. The lowest BCUT2D eigenvalue weighted by atomic mass is 9.98. The highest BCUT2D eigenvalue weighted by molar-refractivity contribution is 6.18. The molecular weight excluding hydrogens is 190 g/mol. The molecule has 1 saturated heterocycles. The molecule has 0 aromatic heterocycles. The Hall–Kier alpha value is -0.280. The van der Waals surface area contributed by atoms with E-state index < -0.39 is 0 Å². The summed E-state index contributed by atoms with van der Waals surface area (Å²) in [5.74, 6) is 0.935. The zero-order valence-corrected chi connectivity index (χ0v) is 8.46. The van der Waals surface area contributed by atoms with E-state index in [2.05, 4.69) is 0 Å². The van der Waals surface area contributed by atoms with Crippen molar-refractivity contribution in [3.8, 4) is 0 Å². The number of amides is 1. The van der Waals surface area contributed by atoms with Crippen molar-refractivity contribution < 1.29 is 9.90 Å². The first kappa shape index (κ1) is 10.8. The van der Waals surface area contributed by atoms with Crippen LogP contribution in [0.25, 0.3) is 0 Å². The van der Waals surface area contributed by atoms with Gasteiger partial charge in [-0.2, -0.15) is 0 Å². The third kappa shape index (κ3) is 3.16. The van der Waals surface area contributed by atoms with Gasteiger partial charge in [0.1, 0.15) is 0 Å². The maximum atomic E-state index is 11.4.